The fraction of sp³-hybridized carbons (Fsp3) is 0.233. The van der Waals surface area contributed by atoms with E-state index in [0.29, 0.717) is 45.3 Å². The highest BCUT2D eigenvalue weighted by atomic mass is 16.5. The van der Waals surface area contributed by atoms with Crippen molar-refractivity contribution in [3.05, 3.63) is 225 Å². The van der Waals surface area contributed by atoms with Gasteiger partial charge in [0.05, 0.1) is 22.3 Å². The monoisotopic (exact) mass is 927 g/mol. The van der Waals surface area contributed by atoms with Crippen LogP contribution in [0.2, 0.25) is 0 Å². The molecule has 8 heteroatoms. The lowest BCUT2D eigenvalue weighted by molar-refractivity contribution is 0.0719. The van der Waals surface area contributed by atoms with Crippen LogP contribution in [0.4, 0.5) is 0 Å². The van der Waals surface area contributed by atoms with Crippen LogP contribution < -0.4 is 18.9 Å². The van der Waals surface area contributed by atoms with Crippen molar-refractivity contribution in [2.45, 2.75) is 101 Å². The van der Waals surface area contributed by atoms with Crippen molar-refractivity contribution in [3.8, 4) is 23.0 Å². The number of hydrogen-bond donors (Lipinski definition) is 0. The van der Waals surface area contributed by atoms with Crippen LogP contribution in [0, 0.1) is 41.5 Å². The molecule has 0 aromatic heterocycles. The van der Waals surface area contributed by atoms with Crippen molar-refractivity contribution in [2.75, 3.05) is 0 Å². The number of carbonyl (C=O) groups excluding carboxylic acids is 4. The maximum atomic E-state index is 12.1. The van der Waals surface area contributed by atoms with Gasteiger partial charge in [0.2, 0.25) is 0 Å². The lowest BCUT2D eigenvalue weighted by Gasteiger charge is -2.07. The topological polar surface area (TPSA) is 105 Å². The van der Waals surface area contributed by atoms with Crippen molar-refractivity contribution in [2.24, 2.45) is 0 Å². The van der Waals surface area contributed by atoms with E-state index in [4.69, 9.17) is 18.9 Å². The molecule has 0 heterocycles. The number of carbonyl (C=O) groups is 4. The van der Waals surface area contributed by atoms with E-state index in [9.17, 15) is 19.2 Å². The SMILES string of the molecule is C.C.C.C.C.C.C.C.Cc1ccc(C(=O)Oc2ccc(OC(=O)c3ccc(C)cc3)cc2)cc1.Cc1ccc(OC(=O)c2ccc(C)cc2)cc1.Cc1ccc(OC(=O)c2ccc(C)cc2)cc1. The number of ether oxygens (including phenoxy) is 4. The Morgan fingerprint density at radius 3 is 0.485 bits per heavy atom. The fourth-order valence-corrected chi connectivity index (χ4v) is 5.21. The van der Waals surface area contributed by atoms with Crippen LogP contribution in [-0.4, -0.2) is 23.9 Å². The minimum Gasteiger partial charge on any atom is -0.423 e. The Hall–Kier alpha value is -7.58. The van der Waals surface area contributed by atoms with Crippen LogP contribution in [0.25, 0.3) is 0 Å². The summed E-state index contributed by atoms with van der Waals surface area (Å²) in [5, 5.41) is 0. The summed E-state index contributed by atoms with van der Waals surface area (Å²) in [4.78, 5) is 47.8. The van der Waals surface area contributed by atoms with Crippen LogP contribution in [-0.2, 0) is 0 Å². The molecule has 0 saturated carbocycles. The lowest BCUT2D eigenvalue weighted by Crippen LogP contribution is -2.09. The molecule has 0 unspecified atom stereocenters. The van der Waals surface area contributed by atoms with Crippen molar-refractivity contribution < 1.29 is 38.1 Å². The summed E-state index contributed by atoms with van der Waals surface area (Å²) >= 11 is 0. The van der Waals surface area contributed by atoms with Gasteiger partial charge >= 0.3 is 23.9 Å². The molecular formula is C60H78O8. The van der Waals surface area contributed by atoms with Crippen LogP contribution >= 0.6 is 0 Å². The molecule has 0 bridgehead atoms. The zero-order valence-corrected chi connectivity index (χ0v) is 34.4. The quantitative estimate of drug-likeness (QED) is 0.110. The predicted octanol–water partition coefficient (Wildman–Crippen LogP) is 16.9. The van der Waals surface area contributed by atoms with Crippen molar-refractivity contribution >= 4 is 23.9 Å². The molecule has 7 aromatic rings. The Morgan fingerprint density at radius 2 is 0.338 bits per heavy atom. The molecule has 0 N–H and O–H groups in total. The molecule has 0 amide bonds. The van der Waals surface area contributed by atoms with Crippen molar-refractivity contribution in [3.63, 3.8) is 0 Å². The van der Waals surface area contributed by atoms with E-state index in [1.54, 1.807) is 97.1 Å². The Kier molecular flexibility index (Phi) is 32.5. The predicted molar refractivity (Wildman–Crippen MR) is 287 cm³/mol. The Labute approximate surface area is 410 Å². The highest BCUT2D eigenvalue weighted by molar-refractivity contribution is 5.93. The van der Waals surface area contributed by atoms with Gasteiger partial charge in [0.25, 0.3) is 0 Å². The van der Waals surface area contributed by atoms with Crippen LogP contribution in [0.15, 0.2) is 170 Å². The van der Waals surface area contributed by atoms with Crippen molar-refractivity contribution in [1.29, 1.82) is 0 Å². The molecule has 0 aliphatic heterocycles. The van der Waals surface area contributed by atoms with E-state index < -0.39 is 11.9 Å². The van der Waals surface area contributed by atoms with Gasteiger partial charge in [-0.15, -0.1) is 0 Å². The summed E-state index contributed by atoms with van der Waals surface area (Å²) in [6, 6.07) is 50.1. The summed E-state index contributed by atoms with van der Waals surface area (Å²) in [7, 11) is 0. The van der Waals surface area contributed by atoms with Gasteiger partial charge < -0.3 is 18.9 Å². The fourth-order valence-electron chi connectivity index (χ4n) is 5.21. The summed E-state index contributed by atoms with van der Waals surface area (Å²) in [5.74, 6) is 0.380. The number of aryl methyl sites for hydroxylation is 6. The third-order valence-corrected chi connectivity index (χ3v) is 8.86. The summed E-state index contributed by atoms with van der Waals surface area (Å²) in [6.45, 7) is 11.8. The number of rotatable bonds is 8. The molecule has 0 saturated heterocycles. The first-order valence-electron chi connectivity index (χ1n) is 19.2. The normalized spacial score (nSPS) is 8.91. The highest BCUT2D eigenvalue weighted by Crippen LogP contribution is 2.21. The van der Waals surface area contributed by atoms with Gasteiger partial charge in [0.15, 0.2) is 0 Å². The highest BCUT2D eigenvalue weighted by Gasteiger charge is 2.12. The molecule has 7 rings (SSSR count). The van der Waals surface area contributed by atoms with Gasteiger partial charge in [-0.1, -0.05) is 166 Å². The molecule has 0 radical (unpaired) electrons. The number of hydrogen-bond acceptors (Lipinski definition) is 8. The standard InChI is InChI=1S/C22H18O4.2C15H14O2.8CH4/c1-15-3-7-17(8-4-15)21(23)25-19-11-13-20(14-12-19)26-22(24)18-9-5-16(2)6-10-18;2*1-11-3-7-13(8-4-11)15(16)17-14-9-5-12(2)6-10-14;;;;;;;;/h3-14H,1-2H3;2*3-10H,1-2H3;8*1H4. The van der Waals surface area contributed by atoms with E-state index in [1.165, 1.54) is 0 Å². The first-order chi connectivity index (χ1) is 28.8. The molecule has 8 nitrogen and oxygen atoms in total. The van der Waals surface area contributed by atoms with Gasteiger partial charge in [0, 0.05) is 0 Å². The molecule has 366 valence electrons. The molecule has 7 aromatic carbocycles. The molecular weight excluding hydrogens is 849 g/mol. The zero-order chi connectivity index (χ0) is 43.0. The largest absolute Gasteiger partial charge is 0.423 e. The Balaban J connectivity index is -0.000000439. The second-order valence-electron chi connectivity index (χ2n) is 14.1. The van der Waals surface area contributed by atoms with Crippen LogP contribution in [0.5, 0.6) is 23.0 Å². The first-order valence-corrected chi connectivity index (χ1v) is 19.2. The van der Waals surface area contributed by atoms with Crippen LogP contribution in [0.1, 0.15) is 134 Å². The van der Waals surface area contributed by atoms with Gasteiger partial charge in [0.1, 0.15) is 23.0 Å². The van der Waals surface area contributed by atoms with Gasteiger partial charge in [-0.2, -0.15) is 0 Å². The molecule has 0 spiro atoms. The maximum absolute atomic E-state index is 12.1. The molecule has 68 heavy (non-hydrogen) atoms. The lowest BCUT2D eigenvalue weighted by atomic mass is 10.1. The number of benzene rings is 7. The van der Waals surface area contributed by atoms with E-state index in [0.717, 1.165) is 33.4 Å². The molecule has 0 fully saturated rings. The molecule has 0 aliphatic carbocycles. The average Bonchev–Trinajstić information content (AvgIpc) is 3.24. The average molecular weight is 927 g/mol. The minimum absolute atomic E-state index is 0. The summed E-state index contributed by atoms with van der Waals surface area (Å²) in [5.41, 5.74) is 8.75. The zero-order valence-electron chi connectivity index (χ0n) is 34.4. The summed E-state index contributed by atoms with van der Waals surface area (Å²) < 4.78 is 21.2. The smallest absolute Gasteiger partial charge is 0.343 e. The third-order valence-electron chi connectivity index (χ3n) is 8.86. The second kappa shape index (κ2) is 33.0. The minimum atomic E-state index is -0.436. The summed E-state index contributed by atoms with van der Waals surface area (Å²) in [6.07, 6.45) is 0. The Morgan fingerprint density at radius 1 is 0.221 bits per heavy atom. The molecule has 0 atom stereocenters. The molecule has 0 aliphatic rings. The number of esters is 4. The van der Waals surface area contributed by atoms with Gasteiger partial charge in [-0.25, -0.2) is 19.2 Å². The first kappa shape index (κ1) is 67.0. The van der Waals surface area contributed by atoms with Gasteiger partial charge in [-0.3, -0.25) is 0 Å². The van der Waals surface area contributed by atoms with Crippen molar-refractivity contribution in [1.82, 2.24) is 0 Å². The third kappa shape index (κ3) is 21.6. The van der Waals surface area contributed by atoms with E-state index in [1.807, 2.05) is 114 Å². The van der Waals surface area contributed by atoms with E-state index in [-0.39, 0.29) is 71.4 Å². The van der Waals surface area contributed by atoms with E-state index in [2.05, 4.69) is 0 Å². The van der Waals surface area contributed by atoms with Crippen LogP contribution in [0.3, 0.4) is 0 Å². The van der Waals surface area contributed by atoms with E-state index >= 15 is 0 Å². The van der Waals surface area contributed by atoms with Gasteiger partial charge in [-0.05, 0) is 139 Å². The second-order valence-corrected chi connectivity index (χ2v) is 14.1. The Bertz CT molecular complexity index is 2310. The maximum Gasteiger partial charge on any atom is 0.343 e.